The van der Waals surface area contributed by atoms with Crippen molar-refractivity contribution in [2.45, 2.75) is 19.2 Å². The summed E-state index contributed by atoms with van der Waals surface area (Å²) in [5.41, 5.74) is 1.62. The third-order valence-electron chi connectivity index (χ3n) is 1.95. The molecule has 0 nitrogen and oxygen atoms in total. The zero-order valence-electron chi connectivity index (χ0n) is 7.10. The van der Waals surface area contributed by atoms with Crippen molar-refractivity contribution in [2.24, 2.45) is 0 Å². The maximum Gasteiger partial charge on any atom is 0.0784 e. The van der Waals surface area contributed by atoms with Crippen molar-refractivity contribution in [3.8, 4) is 0 Å². The second-order valence-corrected chi connectivity index (χ2v) is 2.91. The number of hydrogen-bond donors (Lipinski definition) is 0. The van der Waals surface area contributed by atoms with E-state index >= 15 is 0 Å². The van der Waals surface area contributed by atoms with Gasteiger partial charge in [-0.3, -0.25) is 0 Å². The third kappa shape index (κ3) is 4.59. The van der Waals surface area contributed by atoms with Crippen LogP contribution in [0.4, 0.5) is 0 Å². The topological polar surface area (TPSA) is 0 Å². The number of hydrogen-bond acceptors (Lipinski definition) is 0. The number of allylic oxidation sites excluding steroid dienone is 4. The van der Waals surface area contributed by atoms with Gasteiger partial charge in [0.25, 0.3) is 0 Å². The molecule has 0 amide bonds. The van der Waals surface area contributed by atoms with Crippen LogP contribution in [0.3, 0.4) is 0 Å². The molecular weight excluding hydrogens is 175 g/mol. The molecule has 1 aliphatic carbocycles. The summed E-state index contributed by atoms with van der Waals surface area (Å²) in [5.74, 6) is 0. The quantitative estimate of drug-likeness (QED) is 0.431. The molecule has 0 unspecified atom stereocenters. The van der Waals surface area contributed by atoms with Crippen molar-refractivity contribution < 1.29 is 16.8 Å². The van der Waals surface area contributed by atoms with E-state index in [0.29, 0.717) is 0 Å². The van der Waals surface area contributed by atoms with E-state index in [1.165, 1.54) is 33.4 Å². The molecule has 0 N–H and O–H groups in total. The van der Waals surface area contributed by atoms with Crippen LogP contribution in [0.25, 0.3) is 0 Å². The summed E-state index contributed by atoms with van der Waals surface area (Å²) in [6.45, 7) is 0. The second kappa shape index (κ2) is 6.86. The van der Waals surface area contributed by atoms with Crippen LogP contribution < -0.4 is 0 Å². The number of rotatable bonds is 4. The summed E-state index contributed by atoms with van der Waals surface area (Å²) >= 11 is 0. The molecule has 0 saturated carbocycles. The largest absolute Gasteiger partial charge is 0.0816 e. The fraction of sp³-hybridized carbons (Fsp3) is 0.429. The summed E-state index contributed by atoms with van der Waals surface area (Å²) in [6, 6.07) is 0. The van der Waals surface area contributed by atoms with Crippen molar-refractivity contribution in [2.75, 3.05) is 0 Å². The van der Waals surface area contributed by atoms with Gasteiger partial charge in [-0.05, 0) is 12.8 Å². The Morgan fingerprint density at radius 3 is 2.91 bits per heavy atom. The molecule has 1 rings (SSSR count). The maximum atomic E-state index is 2.26. The first-order chi connectivity index (χ1) is 4.93. The van der Waals surface area contributed by atoms with Crippen molar-refractivity contribution in [1.29, 1.82) is 0 Å². The molecule has 0 heterocycles. The van der Waals surface area contributed by atoms with Gasteiger partial charge in [-0.25, -0.2) is 0 Å². The van der Waals surface area contributed by atoms with E-state index in [-0.39, 0.29) is 16.8 Å². The Kier molecular flexibility index (Phi) is 6.98. The van der Waals surface area contributed by atoms with Crippen LogP contribution in [0.15, 0.2) is 23.8 Å². The summed E-state index contributed by atoms with van der Waals surface area (Å²) in [6.07, 6.45) is 10.6. The Bertz CT molecular complexity index is 154. The zero-order chi connectivity index (χ0) is 7.23. The van der Waals surface area contributed by atoms with Crippen molar-refractivity contribution >= 4 is 22.0 Å². The average molecular weight is 189 g/mol. The first-order valence-electron chi connectivity index (χ1n) is 4.28. The zero-order valence-corrected chi connectivity index (χ0v) is 8.14. The molecule has 0 aromatic rings. The van der Waals surface area contributed by atoms with Gasteiger partial charge in [0, 0.05) is 16.8 Å². The Morgan fingerprint density at radius 1 is 1.55 bits per heavy atom. The van der Waals surface area contributed by atoms with Gasteiger partial charge < -0.3 is 0 Å². The van der Waals surface area contributed by atoms with E-state index in [9.17, 15) is 0 Å². The Hall–Kier alpha value is 0.181. The molecule has 0 atom stereocenters. The molecule has 4 heteroatoms. The van der Waals surface area contributed by atoms with Gasteiger partial charge in [-0.2, -0.15) is 0 Å². The van der Waals surface area contributed by atoms with Crippen LogP contribution >= 0.6 is 0 Å². The average Bonchev–Trinajstić information content (AvgIpc) is 2.41. The predicted molar refractivity (Wildman–Crippen MR) is 54.1 cm³/mol. The van der Waals surface area contributed by atoms with Gasteiger partial charge in [0.05, 0.1) is 22.0 Å². The van der Waals surface area contributed by atoms with E-state index in [0.717, 1.165) is 0 Å². The molecule has 0 aromatic carbocycles. The van der Waals surface area contributed by atoms with Crippen molar-refractivity contribution in [1.82, 2.24) is 0 Å². The molecule has 0 spiro atoms. The minimum Gasteiger partial charge on any atom is -0.0816 e. The van der Waals surface area contributed by atoms with Gasteiger partial charge in [-0.1, -0.05) is 30.1 Å². The standard InChI is InChI=1S/C7H13B3.Co/c8-10-9-6-5-7-3-1-2-4-7;/h1-3,9-10H,4-6,8H2;. The summed E-state index contributed by atoms with van der Waals surface area (Å²) in [7, 11) is 4.97. The SMILES string of the molecule is BBBCCC1=CC=CC1.[Co]. The normalized spacial score (nSPS) is 13.6. The van der Waals surface area contributed by atoms with E-state index < -0.39 is 0 Å². The van der Waals surface area contributed by atoms with Gasteiger partial charge in [0.15, 0.2) is 0 Å². The Morgan fingerprint density at radius 2 is 2.36 bits per heavy atom. The molecule has 0 aliphatic heterocycles. The Balaban J connectivity index is 0.000001000. The molecule has 1 radical (unpaired) electrons. The van der Waals surface area contributed by atoms with Gasteiger partial charge in [-0.15, -0.1) is 0 Å². The van der Waals surface area contributed by atoms with Gasteiger partial charge in [0.1, 0.15) is 0 Å². The molecule has 0 fully saturated rings. The molecule has 59 valence electrons. The minimum atomic E-state index is 0. The van der Waals surface area contributed by atoms with Crippen LogP contribution in [0.2, 0.25) is 6.32 Å². The summed E-state index contributed by atoms with van der Waals surface area (Å²) in [5, 5.41) is 0. The smallest absolute Gasteiger partial charge is 0.0784 e. The molecule has 11 heavy (non-hydrogen) atoms. The fourth-order valence-corrected chi connectivity index (χ4v) is 1.28. The predicted octanol–water partition coefficient (Wildman–Crippen LogP) is 0.0147. The van der Waals surface area contributed by atoms with Crippen LogP contribution in [-0.4, -0.2) is 22.0 Å². The van der Waals surface area contributed by atoms with Gasteiger partial charge >= 0.3 is 0 Å². The van der Waals surface area contributed by atoms with Crippen molar-refractivity contribution in [3.05, 3.63) is 23.8 Å². The van der Waals surface area contributed by atoms with Crippen LogP contribution in [0.1, 0.15) is 12.8 Å². The first-order valence-corrected chi connectivity index (χ1v) is 4.28. The molecule has 1 aliphatic rings. The van der Waals surface area contributed by atoms with E-state index in [4.69, 9.17) is 0 Å². The Labute approximate surface area is 82.0 Å². The van der Waals surface area contributed by atoms with E-state index in [1.807, 2.05) is 0 Å². The molecule has 0 saturated heterocycles. The maximum absolute atomic E-state index is 2.26. The third-order valence-corrected chi connectivity index (χ3v) is 1.95. The summed E-state index contributed by atoms with van der Waals surface area (Å²) in [4.78, 5) is 0. The minimum absolute atomic E-state index is 0. The first kappa shape index (κ1) is 11.2. The summed E-state index contributed by atoms with van der Waals surface area (Å²) < 4.78 is 0. The van der Waals surface area contributed by atoms with Crippen molar-refractivity contribution in [3.63, 3.8) is 0 Å². The molecule has 0 aromatic heterocycles. The van der Waals surface area contributed by atoms with E-state index in [2.05, 4.69) is 26.0 Å². The van der Waals surface area contributed by atoms with Crippen LogP contribution in [-0.2, 0) is 16.8 Å². The van der Waals surface area contributed by atoms with Crippen LogP contribution in [0, 0.1) is 0 Å². The fourth-order valence-electron chi connectivity index (χ4n) is 1.28. The molecule has 0 bridgehead atoms. The monoisotopic (exact) mass is 189 g/mol. The second-order valence-electron chi connectivity index (χ2n) is 2.91. The molecular formula is C7H13B3Co. The van der Waals surface area contributed by atoms with E-state index in [1.54, 1.807) is 5.57 Å². The van der Waals surface area contributed by atoms with Gasteiger partial charge in [0.2, 0.25) is 0 Å². The van der Waals surface area contributed by atoms with Crippen LogP contribution in [0.5, 0.6) is 0 Å².